The standard InChI is InChI=1S/C19H21N3O2/c1-20-18-15-10-24-19(7-8-19)9-14(15)16(21-22-18)13-6-5-11-3-2-4-12(11)17(13)23/h5-6,23H,2-4,7-10H2,1H3,(H,20,22). The van der Waals surface area contributed by atoms with Gasteiger partial charge in [-0.15, -0.1) is 10.2 Å². The van der Waals surface area contributed by atoms with Gasteiger partial charge in [0.2, 0.25) is 0 Å². The van der Waals surface area contributed by atoms with Crippen molar-refractivity contribution in [3.8, 4) is 17.0 Å². The lowest BCUT2D eigenvalue weighted by Gasteiger charge is -2.28. The van der Waals surface area contributed by atoms with Gasteiger partial charge in [0.15, 0.2) is 5.82 Å². The van der Waals surface area contributed by atoms with E-state index in [0.29, 0.717) is 12.4 Å². The number of aryl methyl sites for hydroxylation is 1. The van der Waals surface area contributed by atoms with Gasteiger partial charge in [0.1, 0.15) is 11.4 Å². The third-order valence-electron chi connectivity index (χ3n) is 5.76. The maximum atomic E-state index is 10.8. The first-order valence-electron chi connectivity index (χ1n) is 8.75. The van der Waals surface area contributed by atoms with Crippen LogP contribution in [0.3, 0.4) is 0 Å². The van der Waals surface area contributed by atoms with E-state index in [0.717, 1.165) is 66.7 Å². The molecule has 1 fully saturated rings. The van der Waals surface area contributed by atoms with Crippen LogP contribution in [0.5, 0.6) is 5.75 Å². The highest BCUT2D eigenvalue weighted by atomic mass is 16.5. The average Bonchev–Trinajstić information content (AvgIpc) is 3.16. The highest BCUT2D eigenvalue weighted by molar-refractivity contribution is 5.75. The van der Waals surface area contributed by atoms with E-state index in [4.69, 9.17) is 4.74 Å². The Hall–Kier alpha value is -2.14. The number of hydrogen-bond donors (Lipinski definition) is 2. The van der Waals surface area contributed by atoms with Gasteiger partial charge in [-0.3, -0.25) is 0 Å². The molecule has 24 heavy (non-hydrogen) atoms. The summed E-state index contributed by atoms with van der Waals surface area (Å²) in [5.41, 5.74) is 6.28. The predicted molar refractivity (Wildman–Crippen MR) is 91.2 cm³/mol. The van der Waals surface area contributed by atoms with E-state index in [1.807, 2.05) is 13.1 Å². The van der Waals surface area contributed by atoms with Crippen LogP contribution in [-0.2, 0) is 30.6 Å². The van der Waals surface area contributed by atoms with Crippen molar-refractivity contribution in [1.82, 2.24) is 10.2 Å². The molecule has 0 saturated heterocycles. The molecule has 5 rings (SSSR count). The minimum atomic E-state index is 0.00212. The van der Waals surface area contributed by atoms with E-state index in [9.17, 15) is 5.11 Å². The van der Waals surface area contributed by atoms with E-state index in [1.165, 1.54) is 11.1 Å². The van der Waals surface area contributed by atoms with Crippen molar-refractivity contribution in [3.63, 3.8) is 0 Å². The second kappa shape index (κ2) is 4.93. The quantitative estimate of drug-likeness (QED) is 0.889. The number of anilines is 1. The zero-order chi connectivity index (χ0) is 16.3. The first kappa shape index (κ1) is 14.2. The van der Waals surface area contributed by atoms with Crippen LogP contribution >= 0.6 is 0 Å². The molecule has 0 radical (unpaired) electrons. The number of hydrogen-bond acceptors (Lipinski definition) is 5. The molecule has 1 aliphatic heterocycles. The van der Waals surface area contributed by atoms with Crippen LogP contribution in [0, 0.1) is 0 Å². The number of benzene rings is 1. The summed E-state index contributed by atoms with van der Waals surface area (Å²) >= 11 is 0. The number of nitrogens with zero attached hydrogens (tertiary/aromatic N) is 2. The summed E-state index contributed by atoms with van der Waals surface area (Å²) < 4.78 is 6.07. The van der Waals surface area contributed by atoms with Gasteiger partial charge in [0.25, 0.3) is 0 Å². The van der Waals surface area contributed by atoms with Crippen molar-refractivity contribution in [2.75, 3.05) is 12.4 Å². The molecule has 1 aromatic carbocycles. The maximum Gasteiger partial charge on any atom is 0.154 e. The Morgan fingerprint density at radius 1 is 1.12 bits per heavy atom. The Balaban J connectivity index is 1.69. The zero-order valence-electron chi connectivity index (χ0n) is 13.9. The van der Waals surface area contributed by atoms with Gasteiger partial charge in [-0.2, -0.15) is 0 Å². The summed E-state index contributed by atoms with van der Waals surface area (Å²) in [6, 6.07) is 4.15. The van der Waals surface area contributed by atoms with Gasteiger partial charge in [-0.25, -0.2) is 0 Å². The molecule has 1 saturated carbocycles. The van der Waals surface area contributed by atoms with Crippen LogP contribution in [0.1, 0.15) is 41.5 Å². The molecule has 5 heteroatoms. The first-order valence-corrected chi connectivity index (χ1v) is 8.75. The summed E-state index contributed by atoms with van der Waals surface area (Å²) in [5, 5.41) is 22.8. The molecule has 3 aliphatic rings. The fourth-order valence-corrected chi connectivity index (χ4v) is 4.17. The highest BCUT2D eigenvalue weighted by Crippen LogP contribution is 2.49. The van der Waals surface area contributed by atoms with Gasteiger partial charge in [-0.05, 0) is 54.9 Å². The number of phenolic OH excluding ortho intramolecular Hbond substituents is 1. The molecule has 1 aromatic heterocycles. The fourth-order valence-electron chi connectivity index (χ4n) is 4.17. The monoisotopic (exact) mass is 323 g/mol. The number of rotatable bonds is 2. The molecule has 2 heterocycles. The lowest BCUT2D eigenvalue weighted by molar-refractivity contribution is 0.00835. The number of nitrogens with one attached hydrogen (secondary N) is 1. The molecule has 0 bridgehead atoms. The number of aromatic nitrogens is 2. The van der Waals surface area contributed by atoms with Crippen LogP contribution in [-0.4, -0.2) is 28.0 Å². The van der Waals surface area contributed by atoms with Crippen molar-refractivity contribution in [1.29, 1.82) is 0 Å². The van der Waals surface area contributed by atoms with Gasteiger partial charge >= 0.3 is 0 Å². The third kappa shape index (κ3) is 1.97. The molecular weight excluding hydrogens is 302 g/mol. The molecule has 0 atom stereocenters. The largest absolute Gasteiger partial charge is 0.507 e. The molecule has 5 nitrogen and oxygen atoms in total. The van der Waals surface area contributed by atoms with Gasteiger partial charge in [0, 0.05) is 24.6 Å². The number of phenols is 1. The lowest BCUT2D eigenvalue weighted by atomic mass is 9.92. The predicted octanol–water partition coefficient (Wildman–Crippen LogP) is 2.98. The van der Waals surface area contributed by atoms with Crippen molar-refractivity contribution >= 4 is 5.82 Å². The molecule has 1 spiro atoms. The first-order chi connectivity index (χ1) is 11.7. The molecule has 0 unspecified atom stereocenters. The third-order valence-corrected chi connectivity index (χ3v) is 5.76. The maximum absolute atomic E-state index is 10.8. The van der Waals surface area contributed by atoms with Gasteiger partial charge < -0.3 is 15.2 Å². The SMILES string of the molecule is CNc1nnc(-c2ccc3c(c2O)CCC3)c2c1COC1(CC1)C2. The second-order valence-corrected chi connectivity index (χ2v) is 7.21. The van der Waals surface area contributed by atoms with E-state index in [1.54, 1.807) is 0 Å². The fraction of sp³-hybridized carbons (Fsp3) is 0.474. The van der Waals surface area contributed by atoms with Crippen LogP contribution in [0.2, 0.25) is 0 Å². The van der Waals surface area contributed by atoms with Crippen molar-refractivity contribution in [2.24, 2.45) is 0 Å². The van der Waals surface area contributed by atoms with E-state index < -0.39 is 0 Å². The summed E-state index contributed by atoms with van der Waals surface area (Å²) in [6.07, 6.45) is 6.21. The number of ether oxygens (including phenoxy) is 1. The Kier molecular flexibility index (Phi) is 2.92. The normalized spacial score (nSPS) is 19.9. The van der Waals surface area contributed by atoms with Crippen molar-refractivity contribution in [3.05, 3.63) is 34.4 Å². The lowest BCUT2D eigenvalue weighted by Crippen LogP contribution is -2.26. The molecule has 2 N–H and O–H groups in total. The number of fused-ring (bicyclic) bond motifs is 2. The van der Waals surface area contributed by atoms with Crippen molar-refractivity contribution < 1.29 is 9.84 Å². The molecule has 124 valence electrons. The molecule has 2 aromatic rings. The Morgan fingerprint density at radius 2 is 2.00 bits per heavy atom. The van der Waals surface area contributed by atoms with Crippen LogP contribution in [0.25, 0.3) is 11.3 Å². The second-order valence-electron chi connectivity index (χ2n) is 7.21. The minimum absolute atomic E-state index is 0.00212. The topological polar surface area (TPSA) is 67.3 Å². The average molecular weight is 323 g/mol. The Bertz CT molecular complexity index is 843. The molecule has 0 amide bonds. The van der Waals surface area contributed by atoms with E-state index >= 15 is 0 Å². The number of aromatic hydroxyl groups is 1. The molecular formula is C19H21N3O2. The van der Waals surface area contributed by atoms with Gasteiger partial charge in [-0.1, -0.05) is 6.07 Å². The van der Waals surface area contributed by atoms with Crippen LogP contribution < -0.4 is 5.32 Å². The Labute approximate surface area is 141 Å². The van der Waals surface area contributed by atoms with Gasteiger partial charge in [0.05, 0.1) is 12.2 Å². The zero-order valence-corrected chi connectivity index (χ0v) is 13.9. The Morgan fingerprint density at radius 3 is 2.79 bits per heavy atom. The van der Waals surface area contributed by atoms with E-state index in [2.05, 4.69) is 21.6 Å². The van der Waals surface area contributed by atoms with Crippen LogP contribution in [0.15, 0.2) is 12.1 Å². The van der Waals surface area contributed by atoms with Crippen molar-refractivity contribution in [2.45, 2.75) is 50.7 Å². The summed E-state index contributed by atoms with van der Waals surface area (Å²) in [7, 11) is 1.86. The minimum Gasteiger partial charge on any atom is -0.507 e. The summed E-state index contributed by atoms with van der Waals surface area (Å²) in [4.78, 5) is 0. The summed E-state index contributed by atoms with van der Waals surface area (Å²) in [5.74, 6) is 1.18. The van der Waals surface area contributed by atoms with E-state index in [-0.39, 0.29) is 5.60 Å². The smallest absolute Gasteiger partial charge is 0.154 e. The summed E-state index contributed by atoms with van der Waals surface area (Å²) in [6.45, 7) is 0.569. The highest BCUT2D eigenvalue weighted by Gasteiger charge is 2.48. The molecule has 2 aliphatic carbocycles. The van der Waals surface area contributed by atoms with Crippen LogP contribution in [0.4, 0.5) is 5.82 Å².